The summed E-state index contributed by atoms with van der Waals surface area (Å²) in [6.07, 6.45) is 0.940. The fourth-order valence-corrected chi connectivity index (χ4v) is 2.66. The number of nitrogens with zero attached hydrogens (tertiary/aromatic N) is 3. The van der Waals surface area contributed by atoms with Crippen molar-refractivity contribution in [2.24, 2.45) is 7.05 Å². The van der Waals surface area contributed by atoms with Gasteiger partial charge >= 0.3 is 5.97 Å². The molecule has 8 heteroatoms. The summed E-state index contributed by atoms with van der Waals surface area (Å²) >= 11 is 0. The lowest BCUT2D eigenvalue weighted by Gasteiger charge is -2.16. The molecule has 22 heavy (non-hydrogen) atoms. The maximum atomic E-state index is 12.3. The molecule has 1 amide bonds. The van der Waals surface area contributed by atoms with Crippen LogP contribution in [0.2, 0.25) is 0 Å². The summed E-state index contributed by atoms with van der Waals surface area (Å²) in [7, 11) is 1.79. The molecule has 0 aromatic carbocycles. The highest BCUT2D eigenvalue weighted by molar-refractivity contribution is 5.97. The number of rotatable bonds is 3. The predicted octanol–water partition coefficient (Wildman–Crippen LogP) is 0.249. The van der Waals surface area contributed by atoms with Crippen LogP contribution in [0.4, 0.5) is 0 Å². The quantitative estimate of drug-likeness (QED) is 0.842. The average molecular weight is 304 g/mol. The Kier molecular flexibility index (Phi) is 3.53. The molecule has 116 valence electrons. The van der Waals surface area contributed by atoms with Crippen molar-refractivity contribution in [3.05, 3.63) is 23.5 Å². The fraction of sp³-hybridized carbons (Fsp3) is 0.429. The van der Waals surface area contributed by atoms with Crippen LogP contribution < -0.4 is 5.32 Å². The molecule has 2 aromatic heterocycles. The first-order valence-electron chi connectivity index (χ1n) is 6.92. The zero-order valence-electron chi connectivity index (χ0n) is 12.2. The number of amides is 1. The molecule has 3 rings (SSSR count). The fourth-order valence-electron chi connectivity index (χ4n) is 2.66. The molecular weight excluding hydrogens is 288 g/mol. The third kappa shape index (κ3) is 2.41. The van der Waals surface area contributed by atoms with E-state index in [1.807, 2.05) is 6.92 Å². The molecule has 3 heterocycles. The van der Waals surface area contributed by atoms with E-state index in [0.29, 0.717) is 24.2 Å². The third-order valence-electron chi connectivity index (χ3n) is 3.78. The number of nitrogens with one attached hydrogen (secondary N) is 1. The normalized spacial score (nSPS) is 21.2. The lowest BCUT2D eigenvalue weighted by atomic mass is 10.1. The van der Waals surface area contributed by atoms with Gasteiger partial charge in [-0.15, -0.1) is 0 Å². The molecule has 0 radical (unpaired) electrons. The summed E-state index contributed by atoms with van der Waals surface area (Å²) in [5.74, 6) is -1.43. The number of hydrogen-bond acceptors (Lipinski definition) is 5. The third-order valence-corrected chi connectivity index (χ3v) is 3.78. The molecular formula is C14H16N4O4. The molecule has 0 bridgehead atoms. The van der Waals surface area contributed by atoms with Crippen LogP contribution in [0.3, 0.4) is 0 Å². The number of carboxylic acid groups (broad SMARTS) is 1. The number of carbonyl (C=O) groups is 2. The van der Waals surface area contributed by atoms with Crippen LogP contribution >= 0.6 is 0 Å². The van der Waals surface area contributed by atoms with Crippen molar-refractivity contribution in [2.45, 2.75) is 25.5 Å². The van der Waals surface area contributed by atoms with Crippen molar-refractivity contribution in [1.82, 2.24) is 20.1 Å². The van der Waals surface area contributed by atoms with E-state index in [0.717, 1.165) is 11.1 Å². The zero-order valence-corrected chi connectivity index (χ0v) is 12.2. The summed E-state index contributed by atoms with van der Waals surface area (Å²) in [6.45, 7) is 2.16. The molecule has 1 aliphatic heterocycles. The van der Waals surface area contributed by atoms with Crippen molar-refractivity contribution < 1.29 is 19.4 Å². The number of ether oxygens (including phenoxy) is 1. The number of pyridine rings is 1. The van der Waals surface area contributed by atoms with Gasteiger partial charge in [-0.2, -0.15) is 5.10 Å². The standard InChI is InChI=1S/C14H16N4O4/c1-7-9-5-8(6-15-12(9)18(2)17-7)13(19)16-10-3-4-22-11(10)14(20)21/h5-6,10-11H,3-4H2,1-2H3,(H,16,19)(H,20,21)/t10-,11+/m1/s1. The van der Waals surface area contributed by atoms with Gasteiger partial charge in [-0.25, -0.2) is 9.78 Å². The summed E-state index contributed by atoms with van der Waals surface area (Å²) in [5, 5.41) is 16.8. The minimum Gasteiger partial charge on any atom is -0.479 e. The number of hydrogen-bond donors (Lipinski definition) is 2. The summed E-state index contributed by atoms with van der Waals surface area (Å²) in [6, 6.07) is 1.18. The van der Waals surface area contributed by atoms with Gasteiger partial charge in [-0.3, -0.25) is 9.48 Å². The predicted molar refractivity (Wildman–Crippen MR) is 76.5 cm³/mol. The maximum Gasteiger partial charge on any atom is 0.334 e. The molecule has 2 aromatic rings. The lowest BCUT2D eigenvalue weighted by Crippen LogP contribution is -2.44. The highest BCUT2D eigenvalue weighted by atomic mass is 16.5. The Morgan fingerprint density at radius 3 is 3.00 bits per heavy atom. The summed E-state index contributed by atoms with van der Waals surface area (Å²) < 4.78 is 6.76. The smallest absolute Gasteiger partial charge is 0.334 e. The van der Waals surface area contributed by atoms with Crippen LogP contribution in [0.15, 0.2) is 12.3 Å². The van der Waals surface area contributed by atoms with E-state index >= 15 is 0 Å². The second-order valence-electron chi connectivity index (χ2n) is 5.30. The molecule has 0 saturated carbocycles. The van der Waals surface area contributed by atoms with Crippen molar-refractivity contribution >= 4 is 22.9 Å². The van der Waals surface area contributed by atoms with Gasteiger partial charge in [0.1, 0.15) is 0 Å². The number of fused-ring (bicyclic) bond motifs is 1. The van der Waals surface area contributed by atoms with Crippen LogP contribution in [0.5, 0.6) is 0 Å². The SMILES string of the molecule is Cc1nn(C)c2ncc(C(=O)N[C@@H]3CCO[C@@H]3C(=O)O)cc12. The highest BCUT2D eigenvalue weighted by Gasteiger charge is 2.35. The van der Waals surface area contributed by atoms with E-state index < -0.39 is 18.1 Å². The largest absolute Gasteiger partial charge is 0.479 e. The Labute approximate surface area is 126 Å². The molecule has 1 fully saturated rings. The summed E-state index contributed by atoms with van der Waals surface area (Å²) in [4.78, 5) is 27.6. The summed E-state index contributed by atoms with van der Waals surface area (Å²) in [5.41, 5.74) is 1.86. The minimum atomic E-state index is -1.07. The molecule has 0 unspecified atom stereocenters. The maximum absolute atomic E-state index is 12.3. The Morgan fingerprint density at radius 2 is 2.27 bits per heavy atom. The average Bonchev–Trinajstić information content (AvgIpc) is 3.04. The van der Waals surface area contributed by atoms with Crippen LogP contribution in [-0.4, -0.2) is 50.5 Å². The van der Waals surface area contributed by atoms with Crippen molar-refractivity contribution in [1.29, 1.82) is 0 Å². The molecule has 2 N–H and O–H groups in total. The lowest BCUT2D eigenvalue weighted by molar-refractivity contribution is -0.148. The topological polar surface area (TPSA) is 106 Å². The molecule has 1 aliphatic rings. The van der Waals surface area contributed by atoms with Gasteiger partial charge in [0, 0.05) is 25.2 Å². The second-order valence-corrected chi connectivity index (χ2v) is 5.30. The van der Waals surface area contributed by atoms with Gasteiger partial charge < -0.3 is 15.2 Å². The van der Waals surface area contributed by atoms with Crippen LogP contribution in [0.1, 0.15) is 22.5 Å². The molecule has 1 saturated heterocycles. The monoisotopic (exact) mass is 304 g/mol. The minimum absolute atomic E-state index is 0.320. The number of carbonyl (C=O) groups excluding carboxylic acids is 1. The van der Waals surface area contributed by atoms with E-state index in [1.54, 1.807) is 17.8 Å². The van der Waals surface area contributed by atoms with Gasteiger partial charge in [0.2, 0.25) is 0 Å². The van der Waals surface area contributed by atoms with Crippen molar-refractivity contribution in [2.75, 3.05) is 6.61 Å². The van der Waals surface area contributed by atoms with Gasteiger partial charge in [0.15, 0.2) is 11.8 Å². The van der Waals surface area contributed by atoms with Gasteiger partial charge in [-0.1, -0.05) is 0 Å². The first kappa shape index (κ1) is 14.5. The Bertz CT molecular complexity index is 755. The number of aromatic nitrogens is 3. The van der Waals surface area contributed by atoms with E-state index in [-0.39, 0.29) is 5.91 Å². The van der Waals surface area contributed by atoms with Gasteiger partial charge in [-0.05, 0) is 19.4 Å². The van der Waals surface area contributed by atoms with Crippen LogP contribution in [0.25, 0.3) is 11.0 Å². The van der Waals surface area contributed by atoms with Crippen molar-refractivity contribution in [3.63, 3.8) is 0 Å². The number of aryl methyl sites for hydroxylation is 2. The van der Waals surface area contributed by atoms with Crippen molar-refractivity contribution in [3.8, 4) is 0 Å². The van der Waals surface area contributed by atoms with E-state index in [4.69, 9.17) is 9.84 Å². The van der Waals surface area contributed by atoms with Gasteiger partial charge in [0.25, 0.3) is 5.91 Å². The first-order chi connectivity index (χ1) is 10.5. The first-order valence-corrected chi connectivity index (χ1v) is 6.92. The number of aliphatic carboxylic acids is 1. The Morgan fingerprint density at radius 1 is 1.50 bits per heavy atom. The second kappa shape index (κ2) is 5.38. The van der Waals surface area contributed by atoms with E-state index in [1.165, 1.54) is 6.20 Å². The zero-order chi connectivity index (χ0) is 15.9. The van der Waals surface area contributed by atoms with E-state index in [2.05, 4.69) is 15.4 Å². The van der Waals surface area contributed by atoms with Crippen LogP contribution in [0, 0.1) is 6.92 Å². The van der Waals surface area contributed by atoms with Crippen LogP contribution in [-0.2, 0) is 16.6 Å². The molecule has 8 nitrogen and oxygen atoms in total. The molecule has 0 spiro atoms. The van der Waals surface area contributed by atoms with Gasteiger partial charge in [0.05, 0.1) is 17.3 Å². The Hall–Kier alpha value is -2.48. The van der Waals surface area contributed by atoms with E-state index in [9.17, 15) is 9.59 Å². The molecule has 0 aliphatic carbocycles. The Balaban J connectivity index is 1.83. The number of carboxylic acids is 1. The molecule has 2 atom stereocenters. The highest BCUT2D eigenvalue weighted by Crippen LogP contribution is 2.18.